The van der Waals surface area contributed by atoms with Crippen molar-refractivity contribution in [2.24, 2.45) is 0 Å². The topological polar surface area (TPSA) is 96.8 Å². The summed E-state index contributed by atoms with van der Waals surface area (Å²) >= 11 is 15.9. The minimum absolute atomic E-state index is 0.0764. The van der Waals surface area contributed by atoms with Crippen LogP contribution in [-0.2, 0) is 31.5 Å². The molecular weight excluding hydrogens is 629 g/mol. The number of carbonyl (C=O) groups excluding carboxylic acids is 1. The number of benzene rings is 2. The minimum atomic E-state index is -3.99. The predicted octanol–water partition coefficient (Wildman–Crippen LogP) is 4.59. The number of halogens is 3. The van der Waals surface area contributed by atoms with Crippen molar-refractivity contribution in [1.29, 1.82) is 0 Å². The standard InChI is InChI=1S/C26H28BrCl2N5O4S/c1-26(16-18-3-5-19(27)6-4-18)24(35)33(22-14-20(28)13-21(29)15-22)25-30-17-23(34(25)26)39(36,37)31-7-2-8-32-9-11-38-12-10-32/h3-6,13-15,17,31H,2,7-12,16H2,1H3. The Labute approximate surface area is 246 Å². The van der Waals surface area contributed by atoms with E-state index < -0.39 is 15.6 Å². The third kappa shape index (κ3) is 5.90. The Morgan fingerprint density at radius 2 is 1.77 bits per heavy atom. The number of imidazole rings is 1. The number of hydrogen-bond acceptors (Lipinski definition) is 6. The Balaban J connectivity index is 1.48. The molecule has 1 fully saturated rings. The lowest BCUT2D eigenvalue weighted by Crippen LogP contribution is -2.43. The highest BCUT2D eigenvalue weighted by Gasteiger charge is 2.51. The number of anilines is 2. The van der Waals surface area contributed by atoms with Crippen LogP contribution in [0.4, 0.5) is 11.6 Å². The summed E-state index contributed by atoms with van der Waals surface area (Å²) in [4.78, 5) is 22.1. The quantitative estimate of drug-likeness (QED) is 0.339. The number of ether oxygens (including phenoxy) is 1. The fourth-order valence-electron chi connectivity index (χ4n) is 5.03. The first-order chi connectivity index (χ1) is 18.6. The molecule has 13 heteroatoms. The number of amides is 1. The van der Waals surface area contributed by atoms with Crippen LogP contribution in [0.25, 0.3) is 0 Å². The maximum atomic E-state index is 14.1. The molecule has 39 heavy (non-hydrogen) atoms. The summed E-state index contributed by atoms with van der Waals surface area (Å²) < 4.78 is 37.6. The van der Waals surface area contributed by atoms with E-state index >= 15 is 0 Å². The molecule has 2 aromatic carbocycles. The molecule has 1 amide bonds. The van der Waals surface area contributed by atoms with Crippen LogP contribution in [0, 0.1) is 0 Å². The van der Waals surface area contributed by atoms with Gasteiger partial charge in [-0.2, -0.15) is 0 Å². The molecule has 0 saturated carbocycles. The Bertz CT molecular complexity index is 1460. The van der Waals surface area contributed by atoms with Crippen molar-refractivity contribution in [3.05, 3.63) is 68.7 Å². The summed E-state index contributed by atoms with van der Waals surface area (Å²) in [6.45, 7) is 5.79. The van der Waals surface area contributed by atoms with Gasteiger partial charge in [-0.25, -0.2) is 23.0 Å². The molecule has 2 aliphatic rings. The lowest BCUT2D eigenvalue weighted by atomic mass is 9.92. The molecule has 0 spiro atoms. The van der Waals surface area contributed by atoms with E-state index in [0.29, 0.717) is 35.4 Å². The average Bonchev–Trinajstić information content (AvgIpc) is 3.42. The van der Waals surface area contributed by atoms with Crippen LogP contribution in [0.3, 0.4) is 0 Å². The van der Waals surface area contributed by atoms with Crippen molar-refractivity contribution in [2.75, 3.05) is 44.3 Å². The molecule has 3 aromatic rings. The average molecular weight is 657 g/mol. The van der Waals surface area contributed by atoms with E-state index in [-0.39, 0.29) is 29.8 Å². The van der Waals surface area contributed by atoms with Gasteiger partial charge in [0.25, 0.3) is 15.9 Å². The van der Waals surface area contributed by atoms with E-state index in [1.165, 1.54) is 15.7 Å². The van der Waals surface area contributed by atoms with Gasteiger partial charge in [-0.15, -0.1) is 0 Å². The zero-order chi connectivity index (χ0) is 27.8. The Kier molecular flexibility index (Phi) is 8.40. The van der Waals surface area contributed by atoms with E-state index in [9.17, 15) is 13.2 Å². The van der Waals surface area contributed by atoms with Crippen LogP contribution in [0.1, 0.15) is 18.9 Å². The van der Waals surface area contributed by atoms with Crippen LogP contribution in [0.2, 0.25) is 10.0 Å². The fraction of sp³-hybridized carbons (Fsp3) is 0.385. The van der Waals surface area contributed by atoms with Gasteiger partial charge >= 0.3 is 0 Å². The molecule has 208 valence electrons. The molecule has 5 rings (SSSR count). The SMILES string of the molecule is CC1(Cc2ccc(Br)cc2)C(=O)N(c2cc(Cl)cc(Cl)c2)c2ncc(S(=O)(=O)NCCCN3CCOCC3)n21. The Morgan fingerprint density at radius 3 is 2.44 bits per heavy atom. The largest absolute Gasteiger partial charge is 0.379 e. The fourth-order valence-corrected chi connectivity index (χ4v) is 7.08. The van der Waals surface area contributed by atoms with Crippen LogP contribution < -0.4 is 9.62 Å². The van der Waals surface area contributed by atoms with Gasteiger partial charge in [-0.3, -0.25) is 14.3 Å². The van der Waals surface area contributed by atoms with Gasteiger partial charge in [0.05, 0.1) is 25.1 Å². The number of carbonyl (C=O) groups is 1. The summed E-state index contributed by atoms with van der Waals surface area (Å²) in [6.07, 6.45) is 2.18. The number of rotatable bonds is 9. The Hall–Kier alpha value is -1.99. The number of sulfonamides is 1. The van der Waals surface area contributed by atoms with Crippen molar-refractivity contribution in [1.82, 2.24) is 19.2 Å². The highest BCUT2D eigenvalue weighted by atomic mass is 79.9. The monoisotopic (exact) mass is 655 g/mol. The summed E-state index contributed by atoms with van der Waals surface area (Å²) in [5.41, 5.74) is -0.0143. The second kappa shape index (κ2) is 11.5. The van der Waals surface area contributed by atoms with Gasteiger partial charge in [0, 0.05) is 40.6 Å². The van der Waals surface area contributed by atoms with Gasteiger partial charge in [0.15, 0.2) is 5.03 Å². The molecule has 9 nitrogen and oxygen atoms in total. The second-order valence-corrected chi connectivity index (χ2v) is 13.3. The maximum Gasteiger partial charge on any atom is 0.260 e. The minimum Gasteiger partial charge on any atom is -0.379 e. The van der Waals surface area contributed by atoms with Crippen molar-refractivity contribution >= 4 is 66.7 Å². The molecule has 0 aliphatic carbocycles. The Morgan fingerprint density at radius 1 is 1.10 bits per heavy atom. The zero-order valence-electron chi connectivity index (χ0n) is 21.2. The van der Waals surface area contributed by atoms with Crippen LogP contribution in [0.5, 0.6) is 0 Å². The van der Waals surface area contributed by atoms with Gasteiger partial charge < -0.3 is 4.74 Å². The van der Waals surface area contributed by atoms with E-state index in [4.69, 9.17) is 27.9 Å². The lowest BCUT2D eigenvalue weighted by Gasteiger charge is -2.27. The number of aromatic nitrogens is 2. The highest BCUT2D eigenvalue weighted by Crippen LogP contribution is 2.44. The summed E-state index contributed by atoms with van der Waals surface area (Å²) in [7, 11) is -3.99. The van der Waals surface area contributed by atoms with Gasteiger partial charge in [0.1, 0.15) is 5.54 Å². The third-order valence-corrected chi connectivity index (χ3v) is 9.35. The van der Waals surface area contributed by atoms with Crippen molar-refractivity contribution in [3.8, 4) is 0 Å². The van der Waals surface area contributed by atoms with Gasteiger partial charge in [0.2, 0.25) is 5.95 Å². The third-order valence-electron chi connectivity index (χ3n) is 6.96. The molecule has 1 N–H and O–H groups in total. The first-order valence-electron chi connectivity index (χ1n) is 12.5. The van der Waals surface area contributed by atoms with Crippen LogP contribution in [0.15, 0.2) is 58.2 Å². The maximum absolute atomic E-state index is 14.1. The number of morpholine rings is 1. The first kappa shape index (κ1) is 28.5. The molecule has 2 aliphatic heterocycles. The van der Waals surface area contributed by atoms with Crippen LogP contribution in [-0.4, -0.2) is 68.2 Å². The lowest BCUT2D eigenvalue weighted by molar-refractivity contribution is -0.124. The smallest absolute Gasteiger partial charge is 0.260 e. The molecule has 1 atom stereocenters. The number of nitrogens with one attached hydrogen (secondary N) is 1. The number of hydrogen-bond donors (Lipinski definition) is 1. The van der Waals surface area contributed by atoms with E-state index in [1.807, 2.05) is 24.3 Å². The molecule has 1 saturated heterocycles. The number of nitrogens with zero attached hydrogens (tertiary/aromatic N) is 4. The van der Waals surface area contributed by atoms with Gasteiger partial charge in [-0.05, 0) is 55.8 Å². The molecule has 1 unspecified atom stereocenters. The van der Waals surface area contributed by atoms with Crippen molar-refractivity contribution in [3.63, 3.8) is 0 Å². The highest BCUT2D eigenvalue weighted by molar-refractivity contribution is 9.10. The molecule has 0 radical (unpaired) electrons. The zero-order valence-corrected chi connectivity index (χ0v) is 25.2. The summed E-state index contributed by atoms with van der Waals surface area (Å²) in [6, 6.07) is 12.3. The molecule has 3 heterocycles. The van der Waals surface area contributed by atoms with Gasteiger partial charge in [-0.1, -0.05) is 51.3 Å². The van der Waals surface area contributed by atoms with Crippen LogP contribution >= 0.6 is 39.1 Å². The van der Waals surface area contributed by atoms with E-state index in [1.54, 1.807) is 25.1 Å². The molecular formula is C26H28BrCl2N5O4S. The summed E-state index contributed by atoms with van der Waals surface area (Å²) in [5, 5.41) is 0.617. The normalized spacial score (nSPS) is 20.0. The molecule has 1 aromatic heterocycles. The van der Waals surface area contributed by atoms with Crippen molar-refractivity contribution < 1.29 is 17.9 Å². The number of fused-ring (bicyclic) bond motifs is 1. The second-order valence-electron chi connectivity index (χ2n) is 9.78. The summed E-state index contributed by atoms with van der Waals surface area (Å²) in [5.74, 6) is -0.151. The van der Waals surface area contributed by atoms with E-state index in [2.05, 4.69) is 30.5 Å². The van der Waals surface area contributed by atoms with Crippen molar-refractivity contribution in [2.45, 2.75) is 30.3 Å². The predicted molar refractivity (Wildman–Crippen MR) is 154 cm³/mol. The molecule has 0 bridgehead atoms. The first-order valence-corrected chi connectivity index (χ1v) is 15.5. The van der Waals surface area contributed by atoms with E-state index in [0.717, 1.165) is 29.7 Å².